The zero-order valence-corrected chi connectivity index (χ0v) is 10.7. The van der Waals surface area contributed by atoms with Crippen molar-refractivity contribution >= 4 is 17.3 Å². The van der Waals surface area contributed by atoms with Crippen molar-refractivity contribution in [2.24, 2.45) is 0 Å². The van der Waals surface area contributed by atoms with Gasteiger partial charge in [-0.05, 0) is 23.3 Å². The third kappa shape index (κ3) is 2.09. The van der Waals surface area contributed by atoms with E-state index in [1.807, 2.05) is 12.1 Å². The van der Waals surface area contributed by atoms with E-state index in [1.54, 1.807) is 0 Å². The summed E-state index contributed by atoms with van der Waals surface area (Å²) in [6.45, 7) is 0. The van der Waals surface area contributed by atoms with E-state index in [0.29, 0.717) is 0 Å². The quantitative estimate of drug-likeness (QED) is 0.806. The summed E-state index contributed by atoms with van der Waals surface area (Å²) in [6.07, 6.45) is 0. The van der Waals surface area contributed by atoms with Gasteiger partial charge in [-0.2, -0.15) is 0 Å². The average Bonchev–Trinajstić information content (AvgIpc) is 2.83. The molecular weight excluding hydrogens is 240 g/mol. The molecule has 2 unspecified atom stereocenters. The van der Waals surface area contributed by atoms with E-state index >= 15 is 0 Å². The molecule has 1 fully saturated rings. The van der Waals surface area contributed by atoms with Gasteiger partial charge >= 0.3 is 0 Å². The van der Waals surface area contributed by atoms with E-state index < -0.39 is 0 Å². The van der Waals surface area contributed by atoms with Crippen molar-refractivity contribution in [2.75, 3.05) is 0 Å². The first-order chi connectivity index (χ1) is 8.84. The van der Waals surface area contributed by atoms with Crippen LogP contribution in [-0.4, -0.2) is 5.11 Å². The van der Waals surface area contributed by atoms with E-state index in [1.165, 1.54) is 11.1 Å². The Balaban J connectivity index is 1.96. The molecule has 2 N–H and O–H groups in total. The smallest absolute Gasteiger partial charge is 0.167 e. The van der Waals surface area contributed by atoms with Crippen LogP contribution in [0.4, 0.5) is 0 Å². The molecule has 3 rings (SSSR count). The van der Waals surface area contributed by atoms with Crippen LogP contribution in [-0.2, 0) is 0 Å². The standard InChI is InChI=1S/C15H14N2S/c18-15-16-13(11-7-3-1-4-8-11)14(17-15)12-9-5-2-6-10-12/h1-10,13-14H,(H2,16,17,18). The van der Waals surface area contributed by atoms with Gasteiger partial charge in [-0.1, -0.05) is 60.7 Å². The van der Waals surface area contributed by atoms with Crippen LogP contribution in [0.3, 0.4) is 0 Å². The minimum Gasteiger partial charge on any atom is -0.353 e. The van der Waals surface area contributed by atoms with E-state index in [4.69, 9.17) is 12.2 Å². The van der Waals surface area contributed by atoms with Gasteiger partial charge in [-0.3, -0.25) is 0 Å². The summed E-state index contributed by atoms with van der Waals surface area (Å²) in [5.74, 6) is 0. The van der Waals surface area contributed by atoms with Crippen molar-refractivity contribution in [2.45, 2.75) is 12.1 Å². The Labute approximate surface area is 112 Å². The van der Waals surface area contributed by atoms with Crippen LogP contribution in [0.2, 0.25) is 0 Å². The number of rotatable bonds is 2. The third-order valence-corrected chi connectivity index (χ3v) is 3.46. The van der Waals surface area contributed by atoms with Crippen LogP contribution in [0.5, 0.6) is 0 Å². The predicted octanol–water partition coefficient (Wildman–Crippen LogP) is 2.95. The summed E-state index contributed by atoms with van der Waals surface area (Å²) in [5.41, 5.74) is 2.50. The van der Waals surface area contributed by atoms with Crippen LogP contribution in [0.1, 0.15) is 23.2 Å². The first kappa shape index (κ1) is 11.2. The molecule has 2 aromatic carbocycles. The van der Waals surface area contributed by atoms with E-state index in [9.17, 15) is 0 Å². The zero-order chi connectivity index (χ0) is 12.4. The van der Waals surface area contributed by atoms with Crippen molar-refractivity contribution in [1.29, 1.82) is 0 Å². The lowest BCUT2D eigenvalue weighted by Crippen LogP contribution is -2.21. The molecule has 0 spiro atoms. The predicted molar refractivity (Wildman–Crippen MR) is 77.2 cm³/mol. The van der Waals surface area contributed by atoms with Gasteiger partial charge < -0.3 is 10.6 Å². The summed E-state index contributed by atoms with van der Waals surface area (Å²) < 4.78 is 0. The van der Waals surface area contributed by atoms with Crippen molar-refractivity contribution in [3.05, 3.63) is 71.8 Å². The fourth-order valence-electron chi connectivity index (χ4n) is 2.36. The summed E-state index contributed by atoms with van der Waals surface area (Å²) >= 11 is 5.25. The van der Waals surface area contributed by atoms with Crippen molar-refractivity contribution < 1.29 is 0 Å². The molecule has 0 saturated carbocycles. The molecule has 0 aromatic heterocycles. The zero-order valence-electron chi connectivity index (χ0n) is 9.84. The van der Waals surface area contributed by atoms with Gasteiger partial charge in [-0.25, -0.2) is 0 Å². The van der Waals surface area contributed by atoms with Gasteiger partial charge in [0, 0.05) is 0 Å². The highest BCUT2D eigenvalue weighted by molar-refractivity contribution is 7.80. The molecular formula is C15H14N2S. The molecule has 2 nitrogen and oxygen atoms in total. The number of nitrogens with one attached hydrogen (secondary N) is 2. The molecule has 1 saturated heterocycles. The molecule has 0 amide bonds. The van der Waals surface area contributed by atoms with Gasteiger partial charge in [0.25, 0.3) is 0 Å². The largest absolute Gasteiger partial charge is 0.353 e. The molecule has 1 heterocycles. The highest BCUT2D eigenvalue weighted by Gasteiger charge is 2.31. The first-order valence-corrected chi connectivity index (χ1v) is 6.42. The van der Waals surface area contributed by atoms with Crippen LogP contribution in [0.15, 0.2) is 60.7 Å². The molecule has 1 aliphatic rings. The first-order valence-electron chi connectivity index (χ1n) is 6.01. The Kier molecular flexibility index (Phi) is 2.99. The Morgan fingerprint density at radius 1 is 0.667 bits per heavy atom. The van der Waals surface area contributed by atoms with Gasteiger partial charge in [0.2, 0.25) is 0 Å². The SMILES string of the molecule is S=C1NC(c2ccccc2)C(c2ccccc2)N1. The number of benzene rings is 2. The Bertz CT molecular complexity index is 489. The molecule has 0 radical (unpaired) electrons. The Morgan fingerprint density at radius 3 is 1.44 bits per heavy atom. The summed E-state index contributed by atoms with van der Waals surface area (Å²) in [7, 11) is 0. The van der Waals surface area contributed by atoms with Crippen LogP contribution in [0, 0.1) is 0 Å². The molecule has 90 valence electrons. The molecule has 2 atom stereocenters. The van der Waals surface area contributed by atoms with Gasteiger partial charge in [0.05, 0.1) is 12.1 Å². The highest BCUT2D eigenvalue weighted by atomic mass is 32.1. The molecule has 0 bridgehead atoms. The third-order valence-electron chi connectivity index (χ3n) is 3.22. The molecule has 1 aliphatic heterocycles. The second-order valence-corrected chi connectivity index (χ2v) is 4.80. The van der Waals surface area contributed by atoms with Gasteiger partial charge in [0.15, 0.2) is 5.11 Å². The average molecular weight is 254 g/mol. The van der Waals surface area contributed by atoms with Crippen LogP contribution < -0.4 is 10.6 Å². The van der Waals surface area contributed by atoms with E-state index in [0.717, 1.165) is 5.11 Å². The van der Waals surface area contributed by atoms with Crippen molar-refractivity contribution in [3.63, 3.8) is 0 Å². The monoisotopic (exact) mass is 254 g/mol. The second kappa shape index (κ2) is 4.78. The number of hydrogen-bond donors (Lipinski definition) is 2. The topological polar surface area (TPSA) is 24.1 Å². The maximum absolute atomic E-state index is 5.25. The minimum atomic E-state index is 0.195. The number of hydrogen-bond acceptors (Lipinski definition) is 1. The summed E-state index contributed by atoms with van der Waals surface area (Å²) in [5, 5.41) is 7.40. The lowest BCUT2D eigenvalue weighted by Gasteiger charge is -2.19. The Morgan fingerprint density at radius 2 is 1.06 bits per heavy atom. The molecule has 3 heteroatoms. The van der Waals surface area contributed by atoms with Crippen molar-refractivity contribution in [3.8, 4) is 0 Å². The molecule has 0 aliphatic carbocycles. The molecule has 2 aromatic rings. The summed E-state index contributed by atoms with van der Waals surface area (Å²) in [6, 6.07) is 21.2. The minimum absolute atomic E-state index is 0.195. The van der Waals surface area contributed by atoms with Crippen LogP contribution in [0.25, 0.3) is 0 Å². The van der Waals surface area contributed by atoms with Crippen molar-refractivity contribution in [1.82, 2.24) is 10.6 Å². The summed E-state index contributed by atoms with van der Waals surface area (Å²) in [4.78, 5) is 0. The number of thiocarbonyl (C=S) groups is 1. The maximum atomic E-state index is 5.25. The van der Waals surface area contributed by atoms with Gasteiger partial charge in [-0.15, -0.1) is 0 Å². The van der Waals surface area contributed by atoms with Gasteiger partial charge in [0.1, 0.15) is 0 Å². The van der Waals surface area contributed by atoms with Crippen LogP contribution >= 0.6 is 12.2 Å². The normalized spacial score (nSPS) is 22.3. The highest BCUT2D eigenvalue weighted by Crippen LogP contribution is 2.32. The fourth-order valence-corrected chi connectivity index (χ4v) is 2.62. The lowest BCUT2D eigenvalue weighted by atomic mass is 9.95. The van der Waals surface area contributed by atoms with E-state index in [2.05, 4.69) is 59.2 Å². The second-order valence-electron chi connectivity index (χ2n) is 4.39. The van der Waals surface area contributed by atoms with E-state index in [-0.39, 0.29) is 12.1 Å². The maximum Gasteiger partial charge on any atom is 0.167 e. The Hall–Kier alpha value is -1.87. The lowest BCUT2D eigenvalue weighted by molar-refractivity contribution is 0.554. The fraction of sp³-hybridized carbons (Fsp3) is 0.133. The molecule has 18 heavy (non-hydrogen) atoms.